The first-order valence-electron chi connectivity index (χ1n) is 8.80. The van der Waals surface area contributed by atoms with E-state index in [0.29, 0.717) is 28.7 Å². The SMILES string of the molecule is CC1CC1C(=O)Nc1cc(-c2cnccc2NC(=O)OC(C)(C)C)ncn1. The smallest absolute Gasteiger partial charge is 0.412 e. The second-order valence-corrected chi connectivity index (χ2v) is 7.65. The molecule has 2 aromatic rings. The number of hydrogen-bond donors (Lipinski definition) is 2. The fourth-order valence-corrected chi connectivity index (χ4v) is 2.60. The van der Waals surface area contributed by atoms with E-state index in [-0.39, 0.29) is 11.8 Å². The number of aromatic nitrogens is 3. The zero-order valence-electron chi connectivity index (χ0n) is 15.8. The minimum Gasteiger partial charge on any atom is -0.444 e. The van der Waals surface area contributed by atoms with Gasteiger partial charge >= 0.3 is 6.09 Å². The summed E-state index contributed by atoms with van der Waals surface area (Å²) >= 11 is 0. The summed E-state index contributed by atoms with van der Waals surface area (Å²) in [4.78, 5) is 36.7. The fraction of sp³-hybridized carbons (Fsp3) is 0.421. The quantitative estimate of drug-likeness (QED) is 0.854. The third-order valence-corrected chi connectivity index (χ3v) is 4.10. The summed E-state index contributed by atoms with van der Waals surface area (Å²) in [6, 6.07) is 3.31. The molecule has 0 aliphatic heterocycles. The average molecular weight is 369 g/mol. The van der Waals surface area contributed by atoms with E-state index in [0.717, 1.165) is 6.42 Å². The lowest BCUT2D eigenvalue weighted by Crippen LogP contribution is -2.27. The first-order valence-corrected chi connectivity index (χ1v) is 8.80. The van der Waals surface area contributed by atoms with Crippen LogP contribution in [0, 0.1) is 11.8 Å². The lowest BCUT2D eigenvalue weighted by atomic mass is 10.1. The molecule has 27 heavy (non-hydrogen) atoms. The van der Waals surface area contributed by atoms with E-state index < -0.39 is 11.7 Å². The van der Waals surface area contributed by atoms with Gasteiger partial charge in [-0.3, -0.25) is 15.1 Å². The Bertz CT molecular complexity index is 862. The Hall–Kier alpha value is -3.03. The van der Waals surface area contributed by atoms with Crippen molar-refractivity contribution < 1.29 is 14.3 Å². The van der Waals surface area contributed by atoms with Gasteiger partial charge in [-0.05, 0) is 39.2 Å². The van der Waals surface area contributed by atoms with Gasteiger partial charge in [0.2, 0.25) is 5.91 Å². The molecule has 0 saturated heterocycles. The predicted molar refractivity (Wildman–Crippen MR) is 101 cm³/mol. The molecule has 2 unspecified atom stereocenters. The topological polar surface area (TPSA) is 106 Å². The van der Waals surface area contributed by atoms with Gasteiger partial charge in [0.1, 0.15) is 17.7 Å². The molecule has 2 atom stereocenters. The van der Waals surface area contributed by atoms with Crippen molar-refractivity contribution in [2.75, 3.05) is 10.6 Å². The third kappa shape index (κ3) is 4.99. The Morgan fingerprint density at radius 2 is 1.96 bits per heavy atom. The van der Waals surface area contributed by atoms with Gasteiger partial charge in [0, 0.05) is 29.9 Å². The van der Waals surface area contributed by atoms with Crippen LogP contribution < -0.4 is 10.6 Å². The maximum atomic E-state index is 12.1. The first-order chi connectivity index (χ1) is 12.7. The lowest BCUT2D eigenvalue weighted by molar-refractivity contribution is -0.117. The van der Waals surface area contributed by atoms with E-state index in [1.165, 1.54) is 6.33 Å². The van der Waals surface area contributed by atoms with Crippen LogP contribution in [0.25, 0.3) is 11.3 Å². The van der Waals surface area contributed by atoms with Crippen molar-refractivity contribution in [3.8, 4) is 11.3 Å². The number of amides is 2. The minimum atomic E-state index is -0.608. The van der Waals surface area contributed by atoms with Crippen LogP contribution in [0.2, 0.25) is 0 Å². The number of carbonyl (C=O) groups is 2. The van der Waals surface area contributed by atoms with Gasteiger partial charge < -0.3 is 10.1 Å². The molecule has 1 saturated carbocycles. The summed E-state index contributed by atoms with van der Waals surface area (Å²) in [5.74, 6) is 0.835. The molecule has 0 aromatic carbocycles. The molecule has 0 bridgehead atoms. The number of anilines is 2. The molecule has 2 heterocycles. The highest BCUT2D eigenvalue weighted by atomic mass is 16.6. The molecule has 8 heteroatoms. The van der Waals surface area contributed by atoms with Crippen molar-refractivity contribution in [1.82, 2.24) is 15.0 Å². The minimum absolute atomic E-state index is 0.0366. The fourth-order valence-electron chi connectivity index (χ4n) is 2.60. The number of carbonyl (C=O) groups excluding carboxylic acids is 2. The van der Waals surface area contributed by atoms with Crippen LogP contribution in [-0.2, 0) is 9.53 Å². The zero-order valence-corrected chi connectivity index (χ0v) is 15.8. The van der Waals surface area contributed by atoms with Crippen molar-refractivity contribution >= 4 is 23.5 Å². The van der Waals surface area contributed by atoms with Gasteiger partial charge in [-0.1, -0.05) is 6.92 Å². The number of nitrogens with one attached hydrogen (secondary N) is 2. The van der Waals surface area contributed by atoms with Crippen LogP contribution in [-0.4, -0.2) is 32.6 Å². The molecule has 2 N–H and O–H groups in total. The molecule has 1 fully saturated rings. The molecule has 0 radical (unpaired) electrons. The second kappa shape index (κ2) is 7.30. The zero-order chi connectivity index (χ0) is 19.6. The normalized spacial score (nSPS) is 18.5. The molecule has 0 spiro atoms. The van der Waals surface area contributed by atoms with E-state index in [9.17, 15) is 9.59 Å². The highest BCUT2D eigenvalue weighted by molar-refractivity contribution is 5.94. The average Bonchev–Trinajstić information content (AvgIpc) is 3.31. The molecular formula is C19H23N5O3. The highest BCUT2D eigenvalue weighted by Crippen LogP contribution is 2.38. The first kappa shape index (κ1) is 18.8. The largest absolute Gasteiger partial charge is 0.444 e. The standard InChI is InChI=1S/C19H23N5O3/c1-11-7-12(11)17(25)24-16-8-15(21-10-22-16)13-9-20-6-5-14(13)23-18(26)27-19(2,3)4/h5-6,8-12H,7H2,1-4H3,(H,20,23,26)(H,21,22,24,25). The summed E-state index contributed by atoms with van der Waals surface area (Å²) < 4.78 is 5.29. The van der Waals surface area contributed by atoms with Crippen LogP contribution in [0.4, 0.5) is 16.3 Å². The Labute approximate surface area is 157 Å². The van der Waals surface area contributed by atoms with Gasteiger partial charge in [0.25, 0.3) is 0 Å². The van der Waals surface area contributed by atoms with Crippen molar-refractivity contribution in [2.24, 2.45) is 11.8 Å². The van der Waals surface area contributed by atoms with Crippen molar-refractivity contribution in [3.05, 3.63) is 30.9 Å². The Morgan fingerprint density at radius 3 is 2.63 bits per heavy atom. The Kier molecular flexibility index (Phi) is 5.07. The van der Waals surface area contributed by atoms with E-state index in [1.807, 2.05) is 6.92 Å². The van der Waals surface area contributed by atoms with Gasteiger partial charge in [0.15, 0.2) is 0 Å². The maximum Gasteiger partial charge on any atom is 0.412 e. The van der Waals surface area contributed by atoms with Gasteiger partial charge in [-0.2, -0.15) is 0 Å². The van der Waals surface area contributed by atoms with E-state index >= 15 is 0 Å². The number of pyridine rings is 1. The van der Waals surface area contributed by atoms with E-state index in [4.69, 9.17) is 4.74 Å². The Morgan fingerprint density at radius 1 is 1.22 bits per heavy atom. The summed E-state index contributed by atoms with van der Waals surface area (Å²) in [5, 5.41) is 5.52. The summed E-state index contributed by atoms with van der Waals surface area (Å²) in [5.41, 5.74) is 1.03. The summed E-state index contributed by atoms with van der Waals surface area (Å²) in [6.07, 6.45) is 4.85. The second-order valence-electron chi connectivity index (χ2n) is 7.65. The number of nitrogens with zero attached hydrogens (tertiary/aromatic N) is 3. The number of ether oxygens (including phenoxy) is 1. The summed E-state index contributed by atoms with van der Waals surface area (Å²) in [6.45, 7) is 7.42. The number of rotatable bonds is 4. The van der Waals surface area contributed by atoms with Gasteiger partial charge in [-0.15, -0.1) is 0 Å². The molecule has 2 amide bonds. The third-order valence-electron chi connectivity index (χ3n) is 4.10. The van der Waals surface area contributed by atoms with Crippen LogP contribution >= 0.6 is 0 Å². The monoisotopic (exact) mass is 369 g/mol. The highest BCUT2D eigenvalue weighted by Gasteiger charge is 2.39. The van der Waals surface area contributed by atoms with E-state index in [1.54, 1.807) is 45.3 Å². The molecule has 8 nitrogen and oxygen atoms in total. The number of hydrogen-bond acceptors (Lipinski definition) is 6. The van der Waals surface area contributed by atoms with E-state index in [2.05, 4.69) is 25.6 Å². The van der Waals surface area contributed by atoms with Crippen LogP contribution in [0.3, 0.4) is 0 Å². The van der Waals surface area contributed by atoms with Gasteiger partial charge in [-0.25, -0.2) is 14.8 Å². The predicted octanol–water partition coefficient (Wildman–Crippen LogP) is 3.48. The van der Waals surface area contributed by atoms with Crippen molar-refractivity contribution in [1.29, 1.82) is 0 Å². The van der Waals surface area contributed by atoms with Crippen molar-refractivity contribution in [3.63, 3.8) is 0 Å². The van der Waals surface area contributed by atoms with Crippen molar-refractivity contribution in [2.45, 2.75) is 39.7 Å². The lowest BCUT2D eigenvalue weighted by Gasteiger charge is -2.20. The molecular weight excluding hydrogens is 346 g/mol. The molecule has 1 aliphatic carbocycles. The molecule has 2 aromatic heterocycles. The van der Waals surface area contributed by atoms with Gasteiger partial charge in [0.05, 0.1) is 11.4 Å². The molecule has 1 aliphatic rings. The van der Waals surface area contributed by atoms with Crippen LogP contribution in [0.15, 0.2) is 30.9 Å². The molecule has 3 rings (SSSR count). The summed E-state index contributed by atoms with van der Waals surface area (Å²) in [7, 11) is 0. The molecule has 142 valence electrons. The Balaban J connectivity index is 1.79. The van der Waals surface area contributed by atoms with Crippen LogP contribution in [0.5, 0.6) is 0 Å². The maximum absolute atomic E-state index is 12.1. The van der Waals surface area contributed by atoms with Crippen LogP contribution in [0.1, 0.15) is 34.1 Å².